The van der Waals surface area contributed by atoms with Crippen molar-refractivity contribution in [1.29, 1.82) is 0 Å². The smallest absolute Gasteiger partial charge is 0.354 e. The van der Waals surface area contributed by atoms with Crippen LogP contribution in [0, 0.1) is 24.5 Å². The third kappa shape index (κ3) is 2.33. The van der Waals surface area contributed by atoms with E-state index in [9.17, 15) is 18.4 Å². The van der Waals surface area contributed by atoms with Gasteiger partial charge in [0.05, 0.1) is 12.7 Å². The number of aromatic nitrogens is 1. The average Bonchev–Trinajstić information content (AvgIpc) is 3.15. The normalized spacial score (nSPS) is 20.0. The number of carbonyl (C=O) groups excluding carboxylic acids is 2. The van der Waals surface area contributed by atoms with Crippen LogP contribution in [0.2, 0.25) is 0 Å². The summed E-state index contributed by atoms with van der Waals surface area (Å²) in [5.74, 6) is -2.48. The Morgan fingerprint density at radius 3 is 2.72 bits per heavy atom. The lowest BCUT2D eigenvalue weighted by Crippen LogP contribution is -2.15. The number of hydrogen-bond donors (Lipinski definition) is 1. The average molecular weight is 346 g/mol. The molecule has 1 fully saturated rings. The number of fused-ring (bicyclic) bond motifs is 3. The molecule has 0 spiro atoms. The van der Waals surface area contributed by atoms with Crippen LogP contribution in [0.3, 0.4) is 0 Å². The van der Waals surface area contributed by atoms with Crippen LogP contribution in [0.4, 0.5) is 14.5 Å². The summed E-state index contributed by atoms with van der Waals surface area (Å²) in [6.07, 6.45) is 1.72. The summed E-state index contributed by atoms with van der Waals surface area (Å²) in [6.45, 7) is 1.70. The van der Waals surface area contributed by atoms with Crippen molar-refractivity contribution in [3.05, 3.63) is 52.3 Å². The third-order valence-electron chi connectivity index (χ3n) is 5.01. The molecule has 7 heteroatoms. The first-order valence-corrected chi connectivity index (χ1v) is 8.00. The largest absolute Gasteiger partial charge is 0.464 e. The quantitative estimate of drug-likeness (QED) is 0.868. The molecule has 0 radical (unpaired) electrons. The molecule has 2 atom stereocenters. The number of ether oxygens (including phenoxy) is 1. The number of halogens is 2. The molecule has 1 aromatic heterocycles. The summed E-state index contributed by atoms with van der Waals surface area (Å²) >= 11 is 0. The molecule has 25 heavy (non-hydrogen) atoms. The Morgan fingerprint density at radius 1 is 1.28 bits per heavy atom. The zero-order chi connectivity index (χ0) is 17.9. The maximum Gasteiger partial charge on any atom is 0.354 e. The van der Waals surface area contributed by atoms with Gasteiger partial charge in [-0.25, -0.2) is 13.6 Å². The van der Waals surface area contributed by atoms with Gasteiger partial charge < -0.3 is 14.6 Å². The van der Waals surface area contributed by atoms with Crippen molar-refractivity contribution in [3.8, 4) is 0 Å². The number of benzene rings is 1. The predicted molar refractivity (Wildman–Crippen MR) is 85.7 cm³/mol. The summed E-state index contributed by atoms with van der Waals surface area (Å²) in [5.41, 5.74) is 2.33. The Morgan fingerprint density at radius 2 is 2.04 bits per heavy atom. The highest BCUT2D eigenvalue weighted by Gasteiger charge is 2.50. The minimum Gasteiger partial charge on any atom is -0.464 e. The summed E-state index contributed by atoms with van der Waals surface area (Å²) in [5, 5.41) is 2.59. The fraction of sp³-hybridized carbons (Fsp3) is 0.333. The van der Waals surface area contributed by atoms with Crippen LogP contribution in [-0.4, -0.2) is 23.6 Å². The molecule has 0 bridgehead atoms. The van der Waals surface area contributed by atoms with Gasteiger partial charge in [0.15, 0.2) is 11.6 Å². The molecule has 1 aliphatic carbocycles. The zero-order valence-corrected chi connectivity index (χ0v) is 13.7. The van der Waals surface area contributed by atoms with Crippen LogP contribution in [0.5, 0.6) is 0 Å². The number of amides is 1. The van der Waals surface area contributed by atoms with E-state index >= 15 is 0 Å². The number of methoxy groups -OCH3 is 1. The van der Waals surface area contributed by atoms with Crippen LogP contribution in [-0.2, 0) is 11.2 Å². The van der Waals surface area contributed by atoms with E-state index in [4.69, 9.17) is 4.74 Å². The fourth-order valence-electron chi connectivity index (χ4n) is 3.77. The summed E-state index contributed by atoms with van der Waals surface area (Å²) in [4.78, 5) is 24.9. The van der Waals surface area contributed by atoms with E-state index in [0.717, 1.165) is 30.7 Å². The Hall–Kier alpha value is -2.70. The van der Waals surface area contributed by atoms with Crippen molar-refractivity contribution in [2.75, 3.05) is 12.4 Å². The molecule has 5 nitrogen and oxygen atoms in total. The molecular formula is C18H16F2N2O3. The first-order valence-electron chi connectivity index (χ1n) is 8.00. The molecule has 1 saturated carbocycles. The number of hydrogen-bond acceptors (Lipinski definition) is 3. The molecule has 4 rings (SSSR count). The van der Waals surface area contributed by atoms with Gasteiger partial charge in [0.2, 0.25) is 0 Å². The Labute approximate surface area is 142 Å². The lowest BCUT2D eigenvalue weighted by atomic mass is 10.1. The highest BCUT2D eigenvalue weighted by Crippen LogP contribution is 2.54. The van der Waals surface area contributed by atoms with Gasteiger partial charge in [-0.05, 0) is 43.4 Å². The number of rotatable bonds is 3. The number of anilines is 1. The molecule has 0 unspecified atom stereocenters. The second kappa shape index (κ2) is 5.40. The first-order chi connectivity index (χ1) is 11.9. The lowest BCUT2D eigenvalue weighted by molar-refractivity contribution is 0.0587. The zero-order valence-electron chi connectivity index (χ0n) is 13.7. The topological polar surface area (TPSA) is 60.3 Å². The van der Waals surface area contributed by atoms with E-state index in [2.05, 4.69) is 5.32 Å². The van der Waals surface area contributed by atoms with Gasteiger partial charge in [0.25, 0.3) is 5.91 Å². The van der Waals surface area contributed by atoms with E-state index in [0.29, 0.717) is 22.7 Å². The van der Waals surface area contributed by atoms with Crippen LogP contribution >= 0.6 is 0 Å². The predicted octanol–water partition coefficient (Wildman–Crippen LogP) is 3.23. The van der Waals surface area contributed by atoms with Crippen molar-refractivity contribution in [2.45, 2.75) is 25.8 Å². The summed E-state index contributed by atoms with van der Waals surface area (Å²) < 4.78 is 33.2. The Kier molecular flexibility index (Phi) is 3.42. The maximum atomic E-state index is 13.4. The highest BCUT2D eigenvalue weighted by atomic mass is 19.2. The van der Waals surface area contributed by atoms with Crippen molar-refractivity contribution in [3.63, 3.8) is 0 Å². The van der Waals surface area contributed by atoms with Crippen molar-refractivity contribution >= 4 is 17.6 Å². The molecule has 130 valence electrons. The molecule has 1 N–H and O–H groups in total. The van der Waals surface area contributed by atoms with E-state index in [1.165, 1.54) is 13.2 Å². The maximum absolute atomic E-state index is 13.4. The lowest BCUT2D eigenvalue weighted by Gasteiger charge is -2.08. The SMILES string of the molecule is COC(=O)c1c(C)c(C(=O)Nc2ccc(F)c(F)c2)c2n1[C@@H]1C[C@@H]1C2. The van der Waals surface area contributed by atoms with Gasteiger partial charge in [0.1, 0.15) is 5.69 Å². The molecule has 1 aromatic carbocycles. The standard InChI is InChI=1S/C18H16F2N2O3/c1-8-15(17(23)21-10-3-4-11(19)12(20)7-10)14-6-9-5-13(9)22(14)16(8)18(24)25-2/h3-4,7,9,13H,5-6H2,1-2H3,(H,21,23)/t9-,13-/m1/s1. The van der Waals surface area contributed by atoms with Crippen molar-refractivity contribution in [1.82, 2.24) is 4.57 Å². The van der Waals surface area contributed by atoms with E-state index < -0.39 is 23.5 Å². The minimum atomic E-state index is -1.03. The van der Waals surface area contributed by atoms with E-state index in [-0.39, 0.29) is 11.7 Å². The third-order valence-corrected chi connectivity index (χ3v) is 5.01. The van der Waals surface area contributed by atoms with E-state index in [1.54, 1.807) is 6.92 Å². The van der Waals surface area contributed by atoms with Crippen molar-refractivity contribution < 1.29 is 23.1 Å². The number of carbonyl (C=O) groups is 2. The van der Waals surface area contributed by atoms with Gasteiger partial charge in [-0.1, -0.05) is 0 Å². The minimum absolute atomic E-state index is 0.158. The second-order valence-electron chi connectivity index (χ2n) is 6.51. The van der Waals surface area contributed by atoms with Gasteiger partial charge in [-0.15, -0.1) is 0 Å². The molecule has 1 aliphatic heterocycles. The van der Waals surface area contributed by atoms with Gasteiger partial charge >= 0.3 is 5.97 Å². The summed E-state index contributed by atoms with van der Waals surface area (Å²) in [7, 11) is 1.31. The molecular weight excluding hydrogens is 330 g/mol. The van der Waals surface area contributed by atoms with Gasteiger partial charge in [0, 0.05) is 23.5 Å². The van der Waals surface area contributed by atoms with Crippen LogP contribution in [0.25, 0.3) is 0 Å². The molecule has 2 aliphatic rings. The van der Waals surface area contributed by atoms with Gasteiger partial charge in [-0.2, -0.15) is 0 Å². The Bertz CT molecular complexity index is 920. The van der Waals surface area contributed by atoms with Crippen LogP contribution in [0.15, 0.2) is 18.2 Å². The number of esters is 1. The first kappa shape index (κ1) is 15.8. The fourth-order valence-corrected chi connectivity index (χ4v) is 3.77. The van der Waals surface area contributed by atoms with Gasteiger partial charge in [-0.3, -0.25) is 4.79 Å². The number of nitrogens with zero attached hydrogens (tertiary/aromatic N) is 1. The van der Waals surface area contributed by atoms with E-state index in [1.807, 2.05) is 4.57 Å². The highest BCUT2D eigenvalue weighted by molar-refractivity contribution is 6.08. The molecule has 1 amide bonds. The Balaban J connectivity index is 1.73. The molecule has 0 saturated heterocycles. The molecule has 2 heterocycles. The monoisotopic (exact) mass is 346 g/mol. The molecule has 2 aromatic rings. The van der Waals surface area contributed by atoms with Crippen LogP contribution in [0.1, 0.15) is 44.6 Å². The number of nitrogens with one attached hydrogen (secondary N) is 1. The summed E-state index contributed by atoms with van der Waals surface area (Å²) in [6, 6.07) is 3.42. The second-order valence-corrected chi connectivity index (χ2v) is 6.51. The van der Waals surface area contributed by atoms with Crippen molar-refractivity contribution in [2.24, 2.45) is 5.92 Å². The van der Waals surface area contributed by atoms with Crippen LogP contribution < -0.4 is 5.32 Å².